The van der Waals surface area contributed by atoms with E-state index in [9.17, 15) is 0 Å². The average Bonchev–Trinajstić information content (AvgIpc) is 2.31. The zero-order chi connectivity index (χ0) is 11.2. The van der Waals surface area contributed by atoms with Gasteiger partial charge in [0.2, 0.25) is 0 Å². The number of rotatable bonds is 4. The Hall–Kier alpha value is -1.16. The van der Waals surface area contributed by atoms with Crippen LogP contribution >= 0.6 is 0 Å². The molecule has 0 saturated carbocycles. The first-order valence-electron chi connectivity index (χ1n) is 6.09. The molecule has 4 heteroatoms. The SMILES string of the molecule is CC(CN1CCCCC1)Nc1cnccn1. The van der Waals surface area contributed by atoms with Crippen LogP contribution in [0.2, 0.25) is 0 Å². The third-order valence-electron chi connectivity index (χ3n) is 2.94. The van der Waals surface area contributed by atoms with E-state index in [0.29, 0.717) is 6.04 Å². The summed E-state index contributed by atoms with van der Waals surface area (Å²) in [5.74, 6) is 0.868. The summed E-state index contributed by atoms with van der Waals surface area (Å²) in [6, 6.07) is 0.426. The molecule has 0 bridgehead atoms. The van der Waals surface area contributed by atoms with Gasteiger partial charge in [-0.1, -0.05) is 6.42 Å². The molecule has 0 amide bonds. The molecule has 2 rings (SSSR count). The quantitative estimate of drug-likeness (QED) is 0.839. The van der Waals surface area contributed by atoms with Crippen LogP contribution in [-0.4, -0.2) is 40.5 Å². The minimum Gasteiger partial charge on any atom is -0.365 e. The lowest BCUT2D eigenvalue weighted by Crippen LogP contribution is -2.38. The van der Waals surface area contributed by atoms with Crippen molar-refractivity contribution in [3.8, 4) is 0 Å². The van der Waals surface area contributed by atoms with Crippen molar-refractivity contribution in [2.75, 3.05) is 25.0 Å². The van der Waals surface area contributed by atoms with Gasteiger partial charge in [-0.2, -0.15) is 0 Å². The molecule has 1 aliphatic rings. The fourth-order valence-electron chi connectivity index (χ4n) is 2.20. The lowest BCUT2D eigenvalue weighted by atomic mass is 10.1. The molecule has 4 nitrogen and oxygen atoms in total. The van der Waals surface area contributed by atoms with Gasteiger partial charge in [0.05, 0.1) is 6.20 Å². The largest absolute Gasteiger partial charge is 0.365 e. The van der Waals surface area contributed by atoms with Crippen LogP contribution in [0.4, 0.5) is 5.82 Å². The summed E-state index contributed by atoms with van der Waals surface area (Å²) in [7, 11) is 0. The van der Waals surface area contributed by atoms with E-state index in [0.717, 1.165) is 12.4 Å². The fraction of sp³-hybridized carbons (Fsp3) is 0.667. The molecular weight excluding hydrogens is 200 g/mol. The number of aromatic nitrogens is 2. The molecule has 1 unspecified atom stereocenters. The minimum absolute atomic E-state index is 0.426. The molecule has 0 aromatic carbocycles. The highest BCUT2D eigenvalue weighted by Crippen LogP contribution is 2.10. The van der Waals surface area contributed by atoms with E-state index in [-0.39, 0.29) is 0 Å². The van der Waals surface area contributed by atoms with Crippen molar-refractivity contribution in [1.29, 1.82) is 0 Å². The first-order chi connectivity index (χ1) is 7.84. The molecule has 88 valence electrons. The second-order valence-corrected chi connectivity index (χ2v) is 4.50. The number of likely N-dealkylation sites (tertiary alicyclic amines) is 1. The number of piperidine rings is 1. The standard InChI is InChI=1S/C12H20N4/c1-11(10-16-7-3-2-4-8-16)15-12-9-13-5-6-14-12/h5-6,9,11H,2-4,7-8,10H2,1H3,(H,14,15). The summed E-state index contributed by atoms with van der Waals surface area (Å²) in [6.45, 7) is 5.78. The molecular formula is C12H20N4. The Kier molecular flexibility index (Phi) is 4.10. The van der Waals surface area contributed by atoms with Crippen molar-refractivity contribution < 1.29 is 0 Å². The van der Waals surface area contributed by atoms with Crippen LogP contribution in [0.25, 0.3) is 0 Å². The molecule has 2 heterocycles. The van der Waals surface area contributed by atoms with Crippen LogP contribution in [0.1, 0.15) is 26.2 Å². The normalized spacial score (nSPS) is 19.3. The van der Waals surface area contributed by atoms with Gasteiger partial charge in [0, 0.05) is 25.0 Å². The summed E-state index contributed by atoms with van der Waals surface area (Å²) in [5.41, 5.74) is 0. The van der Waals surface area contributed by atoms with E-state index >= 15 is 0 Å². The number of anilines is 1. The van der Waals surface area contributed by atoms with Crippen LogP contribution in [0.5, 0.6) is 0 Å². The first-order valence-corrected chi connectivity index (χ1v) is 6.09. The zero-order valence-corrected chi connectivity index (χ0v) is 9.89. The molecule has 1 atom stereocenters. The third-order valence-corrected chi connectivity index (χ3v) is 2.94. The number of hydrogen-bond acceptors (Lipinski definition) is 4. The second-order valence-electron chi connectivity index (χ2n) is 4.50. The third kappa shape index (κ3) is 3.45. The Bertz CT molecular complexity index is 295. The van der Waals surface area contributed by atoms with Gasteiger partial charge in [-0.3, -0.25) is 4.98 Å². The Balaban J connectivity index is 1.77. The van der Waals surface area contributed by atoms with Crippen molar-refractivity contribution >= 4 is 5.82 Å². The van der Waals surface area contributed by atoms with Gasteiger partial charge in [-0.05, 0) is 32.9 Å². The Morgan fingerprint density at radius 3 is 2.81 bits per heavy atom. The summed E-state index contributed by atoms with van der Waals surface area (Å²) in [4.78, 5) is 10.8. The van der Waals surface area contributed by atoms with Gasteiger partial charge in [-0.15, -0.1) is 0 Å². The van der Waals surface area contributed by atoms with Crippen molar-refractivity contribution in [1.82, 2.24) is 14.9 Å². The van der Waals surface area contributed by atoms with E-state index < -0.39 is 0 Å². The Labute approximate surface area is 97.1 Å². The van der Waals surface area contributed by atoms with E-state index in [1.54, 1.807) is 18.6 Å². The van der Waals surface area contributed by atoms with Crippen LogP contribution < -0.4 is 5.32 Å². The van der Waals surface area contributed by atoms with E-state index in [2.05, 4.69) is 27.1 Å². The Morgan fingerprint density at radius 2 is 2.12 bits per heavy atom. The van der Waals surface area contributed by atoms with Crippen LogP contribution in [0, 0.1) is 0 Å². The van der Waals surface area contributed by atoms with Crippen molar-refractivity contribution in [3.63, 3.8) is 0 Å². The maximum absolute atomic E-state index is 4.22. The molecule has 1 aliphatic heterocycles. The molecule has 16 heavy (non-hydrogen) atoms. The van der Waals surface area contributed by atoms with E-state index in [1.807, 2.05) is 0 Å². The summed E-state index contributed by atoms with van der Waals surface area (Å²) in [6.07, 6.45) is 9.27. The van der Waals surface area contributed by atoms with Crippen molar-refractivity contribution in [2.45, 2.75) is 32.2 Å². The average molecular weight is 220 g/mol. The highest BCUT2D eigenvalue weighted by molar-refractivity contribution is 5.31. The predicted molar refractivity (Wildman–Crippen MR) is 65.4 cm³/mol. The maximum Gasteiger partial charge on any atom is 0.144 e. The molecule has 1 aromatic heterocycles. The topological polar surface area (TPSA) is 41.0 Å². The minimum atomic E-state index is 0.426. The second kappa shape index (κ2) is 5.80. The highest BCUT2D eigenvalue weighted by Gasteiger charge is 2.13. The van der Waals surface area contributed by atoms with Gasteiger partial charge >= 0.3 is 0 Å². The summed E-state index contributed by atoms with van der Waals surface area (Å²) < 4.78 is 0. The molecule has 1 N–H and O–H groups in total. The van der Waals surface area contributed by atoms with Crippen molar-refractivity contribution in [2.24, 2.45) is 0 Å². The molecule has 1 fully saturated rings. The van der Waals surface area contributed by atoms with Gasteiger partial charge in [0.15, 0.2) is 0 Å². The smallest absolute Gasteiger partial charge is 0.144 e. The molecule has 0 radical (unpaired) electrons. The van der Waals surface area contributed by atoms with Gasteiger partial charge in [-0.25, -0.2) is 4.98 Å². The summed E-state index contributed by atoms with van der Waals surface area (Å²) >= 11 is 0. The molecule has 0 spiro atoms. The molecule has 1 saturated heterocycles. The van der Waals surface area contributed by atoms with E-state index in [4.69, 9.17) is 0 Å². The Morgan fingerprint density at radius 1 is 1.31 bits per heavy atom. The number of nitrogens with zero attached hydrogens (tertiary/aromatic N) is 3. The van der Waals surface area contributed by atoms with Crippen LogP contribution in [0.15, 0.2) is 18.6 Å². The molecule has 1 aromatic rings. The first kappa shape index (κ1) is 11.3. The zero-order valence-electron chi connectivity index (χ0n) is 9.89. The fourth-order valence-corrected chi connectivity index (χ4v) is 2.20. The summed E-state index contributed by atoms with van der Waals surface area (Å²) in [5, 5.41) is 3.37. The lowest BCUT2D eigenvalue weighted by Gasteiger charge is -2.29. The van der Waals surface area contributed by atoms with Crippen molar-refractivity contribution in [3.05, 3.63) is 18.6 Å². The monoisotopic (exact) mass is 220 g/mol. The molecule has 0 aliphatic carbocycles. The number of hydrogen-bond donors (Lipinski definition) is 1. The maximum atomic E-state index is 4.22. The van der Waals surface area contributed by atoms with Gasteiger partial charge in [0.25, 0.3) is 0 Å². The van der Waals surface area contributed by atoms with Gasteiger partial charge < -0.3 is 10.2 Å². The van der Waals surface area contributed by atoms with Crippen LogP contribution in [-0.2, 0) is 0 Å². The highest BCUT2D eigenvalue weighted by atomic mass is 15.2. The van der Waals surface area contributed by atoms with Gasteiger partial charge in [0.1, 0.15) is 5.82 Å². The number of nitrogens with one attached hydrogen (secondary N) is 1. The van der Waals surface area contributed by atoms with E-state index in [1.165, 1.54) is 32.4 Å². The van der Waals surface area contributed by atoms with Crippen LogP contribution in [0.3, 0.4) is 0 Å². The lowest BCUT2D eigenvalue weighted by molar-refractivity contribution is 0.223. The predicted octanol–water partition coefficient (Wildman–Crippen LogP) is 1.76.